The summed E-state index contributed by atoms with van der Waals surface area (Å²) >= 11 is 0. The zero-order chi connectivity index (χ0) is 14.4. The molecule has 1 aromatic rings. The fraction of sp³-hybridized carbons (Fsp3) is 0.571. The molecule has 1 aromatic heterocycles. The minimum atomic E-state index is -0.817. The van der Waals surface area contributed by atoms with Crippen LogP contribution in [0.15, 0.2) is 22.8 Å². The van der Waals surface area contributed by atoms with Crippen LogP contribution in [0.25, 0.3) is 0 Å². The van der Waals surface area contributed by atoms with Crippen LogP contribution in [0.1, 0.15) is 18.6 Å². The third-order valence-electron chi connectivity index (χ3n) is 3.47. The molecule has 1 aliphatic rings. The summed E-state index contributed by atoms with van der Waals surface area (Å²) in [5, 5.41) is 8.79. The average molecular weight is 280 g/mol. The number of carbonyl (C=O) groups excluding carboxylic acids is 1. The molecule has 0 unspecified atom stereocenters. The molecule has 0 saturated carbocycles. The number of furan rings is 1. The molecule has 1 amide bonds. The minimum absolute atomic E-state index is 0.0500. The lowest BCUT2D eigenvalue weighted by Gasteiger charge is -2.21. The highest BCUT2D eigenvalue weighted by Gasteiger charge is 2.20. The lowest BCUT2D eigenvalue weighted by atomic mass is 10.2. The highest BCUT2D eigenvalue weighted by atomic mass is 16.4. The Labute approximate surface area is 118 Å². The number of aryl methyl sites for hydroxylation is 1. The standard InChI is InChI=1S/C14H20N2O4/c17-13(5-4-12-3-1-10-20-12)16-7-2-6-15(8-9-16)11-14(18)19/h1,3,10H,2,4-9,11H2,(H,18,19). The summed E-state index contributed by atoms with van der Waals surface area (Å²) < 4.78 is 5.21. The molecule has 0 aliphatic carbocycles. The first kappa shape index (κ1) is 14.6. The Hall–Kier alpha value is -1.82. The minimum Gasteiger partial charge on any atom is -0.480 e. The van der Waals surface area contributed by atoms with Crippen LogP contribution in [0.3, 0.4) is 0 Å². The summed E-state index contributed by atoms with van der Waals surface area (Å²) in [6.07, 6.45) is 3.48. The van der Waals surface area contributed by atoms with E-state index in [0.717, 1.165) is 18.7 Å². The van der Waals surface area contributed by atoms with E-state index in [2.05, 4.69) is 0 Å². The van der Waals surface area contributed by atoms with Crippen molar-refractivity contribution in [2.24, 2.45) is 0 Å². The summed E-state index contributed by atoms with van der Waals surface area (Å²) in [6, 6.07) is 3.68. The number of amides is 1. The SMILES string of the molecule is O=C(O)CN1CCCN(C(=O)CCc2ccco2)CC1. The van der Waals surface area contributed by atoms with Gasteiger partial charge in [0, 0.05) is 39.0 Å². The fourth-order valence-corrected chi connectivity index (χ4v) is 2.41. The number of rotatable bonds is 5. The van der Waals surface area contributed by atoms with Crippen molar-refractivity contribution in [1.82, 2.24) is 9.80 Å². The molecule has 0 bridgehead atoms. The molecule has 20 heavy (non-hydrogen) atoms. The molecule has 1 N–H and O–H groups in total. The smallest absolute Gasteiger partial charge is 0.317 e. The molecular formula is C14H20N2O4. The van der Waals surface area contributed by atoms with E-state index in [1.807, 2.05) is 21.9 Å². The molecule has 0 radical (unpaired) electrons. The Morgan fingerprint density at radius 3 is 2.80 bits per heavy atom. The molecule has 2 rings (SSSR count). The third-order valence-corrected chi connectivity index (χ3v) is 3.47. The lowest BCUT2D eigenvalue weighted by molar-refractivity contribution is -0.138. The summed E-state index contributed by atoms with van der Waals surface area (Å²) in [5.41, 5.74) is 0. The molecule has 6 heteroatoms. The second kappa shape index (κ2) is 7.09. The highest BCUT2D eigenvalue weighted by molar-refractivity contribution is 5.76. The van der Waals surface area contributed by atoms with Crippen LogP contribution < -0.4 is 0 Å². The Balaban J connectivity index is 1.77. The van der Waals surface area contributed by atoms with Gasteiger partial charge in [-0.25, -0.2) is 0 Å². The number of hydrogen-bond donors (Lipinski definition) is 1. The zero-order valence-corrected chi connectivity index (χ0v) is 11.5. The monoisotopic (exact) mass is 280 g/mol. The quantitative estimate of drug-likeness (QED) is 0.865. The van der Waals surface area contributed by atoms with E-state index in [9.17, 15) is 9.59 Å². The van der Waals surface area contributed by atoms with Crippen molar-refractivity contribution in [3.05, 3.63) is 24.2 Å². The molecule has 6 nitrogen and oxygen atoms in total. The van der Waals surface area contributed by atoms with Crippen LogP contribution in [-0.2, 0) is 16.0 Å². The zero-order valence-electron chi connectivity index (χ0n) is 11.5. The normalized spacial score (nSPS) is 16.9. The van der Waals surface area contributed by atoms with Gasteiger partial charge in [0.1, 0.15) is 5.76 Å². The van der Waals surface area contributed by atoms with Crippen molar-refractivity contribution in [3.63, 3.8) is 0 Å². The Morgan fingerprint density at radius 1 is 1.25 bits per heavy atom. The second-order valence-corrected chi connectivity index (χ2v) is 4.98. The summed E-state index contributed by atoms with van der Waals surface area (Å²) in [5.74, 6) is 0.113. The van der Waals surface area contributed by atoms with E-state index < -0.39 is 5.97 Å². The maximum Gasteiger partial charge on any atom is 0.317 e. The van der Waals surface area contributed by atoms with Crippen LogP contribution in [-0.4, -0.2) is 59.5 Å². The third kappa shape index (κ3) is 4.38. The van der Waals surface area contributed by atoms with Gasteiger partial charge in [-0.3, -0.25) is 14.5 Å². The van der Waals surface area contributed by atoms with Crippen molar-refractivity contribution in [2.75, 3.05) is 32.7 Å². The molecule has 2 heterocycles. The molecule has 0 aromatic carbocycles. The van der Waals surface area contributed by atoms with E-state index in [-0.39, 0.29) is 12.5 Å². The first-order valence-corrected chi connectivity index (χ1v) is 6.89. The number of carboxylic acid groups (broad SMARTS) is 1. The van der Waals surface area contributed by atoms with Gasteiger partial charge in [0.05, 0.1) is 12.8 Å². The molecular weight excluding hydrogens is 260 g/mol. The van der Waals surface area contributed by atoms with Crippen molar-refractivity contribution < 1.29 is 19.1 Å². The number of aliphatic carboxylic acids is 1. The first-order valence-electron chi connectivity index (χ1n) is 6.89. The molecule has 0 atom stereocenters. The highest BCUT2D eigenvalue weighted by Crippen LogP contribution is 2.08. The maximum absolute atomic E-state index is 12.1. The van der Waals surface area contributed by atoms with Gasteiger partial charge in [0.25, 0.3) is 0 Å². The fourth-order valence-electron chi connectivity index (χ4n) is 2.41. The number of carbonyl (C=O) groups is 2. The first-order chi connectivity index (χ1) is 9.65. The summed E-state index contributed by atoms with van der Waals surface area (Å²) in [7, 11) is 0. The molecule has 1 fully saturated rings. The van der Waals surface area contributed by atoms with E-state index in [0.29, 0.717) is 32.5 Å². The van der Waals surface area contributed by atoms with E-state index >= 15 is 0 Å². The lowest BCUT2D eigenvalue weighted by Crippen LogP contribution is -2.36. The van der Waals surface area contributed by atoms with Crippen LogP contribution in [0.4, 0.5) is 0 Å². The molecule has 110 valence electrons. The Bertz CT molecular complexity index is 444. The Kier molecular flexibility index (Phi) is 5.17. The van der Waals surface area contributed by atoms with Gasteiger partial charge in [0.2, 0.25) is 5.91 Å². The number of carboxylic acids is 1. The van der Waals surface area contributed by atoms with Gasteiger partial charge in [-0.2, -0.15) is 0 Å². The summed E-state index contributed by atoms with van der Waals surface area (Å²) in [4.78, 5) is 26.5. The van der Waals surface area contributed by atoms with E-state index in [1.54, 1.807) is 6.26 Å². The maximum atomic E-state index is 12.1. The van der Waals surface area contributed by atoms with E-state index in [1.165, 1.54) is 0 Å². The van der Waals surface area contributed by atoms with Gasteiger partial charge in [-0.15, -0.1) is 0 Å². The van der Waals surface area contributed by atoms with Crippen molar-refractivity contribution in [2.45, 2.75) is 19.3 Å². The molecule has 1 saturated heterocycles. The predicted octanol–water partition coefficient (Wildman–Crippen LogP) is 0.831. The average Bonchev–Trinajstić information content (AvgIpc) is 2.82. The second-order valence-electron chi connectivity index (χ2n) is 4.98. The van der Waals surface area contributed by atoms with Crippen LogP contribution in [0.2, 0.25) is 0 Å². The van der Waals surface area contributed by atoms with Crippen LogP contribution >= 0.6 is 0 Å². The largest absolute Gasteiger partial charge is 0.480 e. The van der Waals surface area contributed by atoms with Crippen molar-refractivity contribution in [3.8, 4) is 0 Å². The van der Waals surface area contributed by atoms with Crippen LogP contribution in [0, 0.1) is 0 Å². The van der Waals surface area contributed by atoms with Gasteiger partial charge in [-0.1, -0.05) is 0 Å². The van der Waals surface area contributed by atoms with Gasteiger partial charge in [-0.05, 0) is 18.6 Å². The van der Waals surface area contributed by atoms with Crippen molar-refractivity contribution in [1.29, 1.82) is 0 Å². The van der Waals surface area contributed by atoms with Gasteiger partial charge >= 0.3 is 5.97 Å². The molecule has 1 aliphatic heterocycles. The number of hydrogen-bond acceptors (Lipinski definition) is 4. The van der Waals surface area contributed by atoms with Crippen molar-refractivity contribution >= 4 is 11.9 Å². The predicted molar refractivity (Wildman–Crippen MR) is 72.3 cm³/mol. The van der Waals surface area contributed by atoms with Gasteiger partial charge in [0.15, 0.2) is 0 Å². The van der Waals surface area contributed by atoms with Gasteiger partial charge < -0.3 is 14.4 Å². The Morgan fingerprint density at radius 2 is 2.10 bits per heavy atom. The summed E-state index contributed by atoms with van der Waals surface area (Å²) in [6.45, 7) is 2.71. The molecule has 0 spiro atoms. The van der Waals surface area contributed by atoms with Crippen LogP contribution in [0.5, 0.6) is 0 Å². The number of nitrogens with zero attached hydrogens (tertiary/aromatic N) is 2. The van der Waals surface area contributed by atoms with E-state index in [4.69, 9.17) is 9.52 Å². The topological polar surface area (TPSA) is 74.0 Å².